The molecule has 0 heterocycles. The highest BCUT2D eigenvalue weighted by Gasteiger charge is 2.64. The van der Waals surface area contributed by atoms with Crippen LogP contribution in [0.15, 0.2) is 29.4 Å². The number of hydrogen-bond acceptors (Lipinski definition) is 4. The lowest BCUT2D eigenvalue weighted by Crippen LogP contribution is -2.22. The van der Waals surface area contributed by atoms with E-state index in [1.54, 1.807) is 12.3 Å². The summed E-state index contributed by atoms with van der Waals surface area (Å²) < 4.78 is 5.33. The number of benzene rings is 1. The third kappa shape index (κ3) is 3.07. The molecule has 5 nitrogen and oxygen atoms in total. The molecule has 1 amide bonds. The summed E-state index contributed by atoms with van der Waals surface area (Å²) in [5, 5.41) is 12.7. The first kappa shape index (κ1) is 15.5. The minimum atomic E-state index is -0.0146. The van der Waals surface area contributed by atoms with Gasteiger partial charge in [0, 0.05) is 11.5 Å². The largest absolute Gasteiger partial charge is 0.478 e. The summed E-state index contributed by atoms with van der Waals surface area (Å²) in [6.07, 6.45) is 6.33. The summed E-state index contributed by atoms with van der Waals surface area (Å²) in [6, 6.07) is 9.24. The standard InChI is InChI=1S/C18H21N3O2/c1-18-9-5-4-7-14(18)16(18)17(22)21-20-12-13-6-2-3-8-15(13)23-11-10-19/h2-3,6,8,12,14,16H,4-5,7,9,11H2,1H3,(H,21,22)/b20-12-/t14-,16+,18-/m0/s1. The maximum absolute atomic E-state index is 12.3. The quantitative estimate of drug-likeness (QED) is 0.671. The number of nitriles is 1. The van der Waals surface area contributed by atoms with Crippen LogP contribution in [0.1, 0.15) is 38.2 Å². The van der Waals surface area contributed by atoms with E-state index in [1.165, 1.54) is 12.8 Å². The zero-order chi connectivity index (χ0) is 16.3. The molecule has 5 heteroatoms. The predicted octanol–water partition coefficient (Wildman–Crippen LogP) is 2.87. The Hall–Kier alpha value is -2.35. The summed E-state index contributed by atoms with van der Waals surface area (Å²) in [4.78, 5) is 12.3. The molecule has 2 aliphatic rings. The number of carbonyl (C=O) groups excluding carboxylic acids is 1. The van der Waals surface area contributed by atoms with E-state index >= 15 is 0 Å². The molecule has 1 aromatic carbocycles. The smallest absolute Gasteiger partial charge is 0.244 e. The van der Waals surface area contributed by atoms with Crippen molar-refractivity contribution in [3.63, 3.8) is 0 Å². The molecular weight excluding hydrogens is 290 g/mol. The number of carbonyl (C=O) groups is 1. The van der Waals surface area contributed by atoms with E-state index in [0.717, 1.165) is 18.4 Å². The minimum Gasteiger partial charge on any atom is -0.478 e. The molecule has 0 aromatic heterocycles. The van der Waals surface area contributed by atoms with Gasteiger partial charge in [0.15, 0.2) is 6.61 Å². The number of amides is 1. The van der Waals surface area contributed by atoms with Crippen LogP contribution in [0.5, 0.6) is 5.75 Å². The molecule has 1 N–H and O–H groups in total. The highest BCUT2D eigenvalue weighted by Crippen LogP contribution is 2.66. The van der Waals surface area contributed by atoms with Gasteiger partial charge in [-0.15, -0.1) is 0 Å². The van der Waals surface area contributed by atoms with Crippen LogP contribution in [0.25, 0.3) is 0 Å². The highest BCUT2D eigenvalue weighted by molar-refractivity contribution is 5.87. The fraction of sp³-hybridized carbons (Fsp3) is 0.500. The van der Waals surface area contributed by atoms with Crippen molar-refractivity contribution >= 4 is 12.1 Å². The van der Waals surface area contributed by atoms with E-state index in [4.69, 9.17) is 10.00 Å². The maximum atomic E-state index is 12.3. The average molecular weight is 311 g/mol. The molecule has 0 saturated heterocycles. The van der Waals surface area contributed by atoms with Crippen molar-refractivity contribution in [2.45, 2.75) is 32.6 Å². The first-order valence-electron chi connectivity index (χ1n) is 8.08. The molecule has 3 atom stereocenters. The number of hydrazone groups is 1. The average Bonchev–Trinajstić information content (AvgIpc) is 3.19. The second-order valence-electron chi connectivity index (χ2n) is 6.55. The Kier molecular flexibility index (Phi) is 4.33. The van der Waals surface area contributed by atoms with Crippen LogP contribution >= 0.6 is 0 Å². The van der Waals surface area contributed by atoms with Gasteiger partial charge in [-0.2, -0.15) is 10.4 Å². The molecule has 23 heavy (non-hydrogen) atoms. The molecule has 2 saturated carbocycles. The third-order valence-electron chi connectivity index (χ3n) is 5.20. The first-order chi connectivity index (χ1) is 11.2. The van der Waals surface area contributed by atoms with Gasteiger partial charge in [0.1, 0.15) is 11.8 Å². The van der Waals surface area contributed by atoms with Crippen molar-refractivity contribution in [1.29, 1.82) is 5.26 Å². The zero-order valence-corrected chi connectivity index (χ0v) is 13.3. The Morgan fingerprint density at radius 1 is 1.52 bits per heavy atom. The van der Waals surface area contributed by atoms with E-state index in [1.807, 2.05) is 24.3 Å². The second kappa shape index (κ2) is 6.41. The molecule has 0 bridgehead atoms. The molecule has 2 fully saturated rings. The lowest BCUT2D eigenvalue weighted by Gasteiger charge is -2.15. The van der Waals surface area contributed by atoms with Crippen molar-refractivity contribution < 1.29 is 9.53 Å². The monoisotopic (exact) mass is 311 g/mol. The van der Waals surface area contributed by atoms with Crippen LogP contribution in [0.4, 0.5) is 0 Å². The van der Waals surface area contributed by atoms with Gasteiger partial charge in [0.2, 0.25) is 5.91 Å². The van der Waals surface area contributed by atoms with Gasteiger partial charge in [0.05, 0.1) is 6.21 Å². The summed E-state index contributed by atoms with van der Waals surface area (Å²) in [5.41, 5.74) is 3.59. The molecule has 3 rings (SSSR count). The Morgan fingerprint density at radius 2 is 2.35 bits per heavy atom. The fourth-order valence-corrected chi connectivity index (χ4v) is 3.91. The fourth-order valence-electron chi connectivity index (χ4n) is 3.91. The highest BCUT2D eigenvalue weighted by atomic mass is 16.5. The zero-order valence-electron chi connectivity index (χ0n) is 13.3. The normalized spacial score (nSPS) is 28.7. The number of fused-ring (bicyclic) bond motifs is 1. The van der Waals surface area contributed by atoms with Gasteiger partial charge in [-0.3, -0.25) is 4.79 Å². The topological polar surface area (TPSA) is 74.5 Å². The molecule has 0 spiro atoms. The van der Waals surface area contributed by atoms with E-state index in [-0.39, 0.29) is 23.8 Å². The Bertz CT molecular complexity index is 664. The van der Waals surface area contributed by atoms with E-state index in [2.05, 4.69) is 17.5 Å². The van der Waals surface area contributed by atoms with Crippen molar-refractivity contribution in [3.05, 3.63) is 29.8 Å². The van der Waals surface area contributed by atoms with Gasteiger partial charge >= 0.3 is 0 Å². The molecular formula is C18H21N3O2. The molecule has 0 unspecified atom stereocenters. The third-order valence-corrected chi connectivity index (χ3v) is 5.20. The SMILES string of the molecule is C[C@]12CCCC[C@H]1[C@@H]2C(=O)N/N=C\c1ccccc1OCC#N. The van der Waals surface area contributed by atoms with Gasteiger partial charge < -0.3 is 4.74 Å². The number of nitrogens with one attached hydrogen (secondary N) is 1. The summed E-state index contributed by atoms with van der Waals surface area (Å²) in [5.74, 6) is 1.23. The minimum absolute atomic E-state index is 0.0146. The van der Waals surface area contributed by atoms with Crippen LogP contribution in [0.2, 0.25) is 0 Å². The molecule has 2 aliphatic carbocycles. The van der Waals surface area contributed by atoms with Crippen LogP contribution in [0, 0.1) is 28.6 Å². The molecule has 1 aromatic rings. The number of nitrogens with zero attached hydrogens (tertiary/aromatic N) is 2. The first-order valence-corrected chi connectivity index (χ1v) is 8.08. The Morgan fingerprint density at radius 3 is 3.09 bits per heavy atom. The summed E-state index contributed by atoms with van der Waals surface area (Å²) >= 11 is 0. The van der Waals surface area contributed by atoms with Crippen LogP contribution in [-0.2, 0) is 4.79 Å². The van der Waals surface area contributed by atoms with Crippen molar-refractivity contribution in [3.8, 4) is 11.8 Å². The van der Waals surface area contributed by atoms with E-state index < -0.39 is 0 Å². The van der Waals surface area contributed by atoms with Crippen molar-refractivity contribution in [1.82, 2.24) is 5.43 Å². The predicted molar refractivity (Wildman–Crippen MR) is 86.8 cm³/mol. The van der Waals surface area contributed by atoms with Crippen LogP contribution in [-0.4, -0.2) is 18.7 Å². The molecule has 0 radical (unpaired) electrons. The van der Waals surface area contributed by atoms with Crippen LogP contribution in [0.3, 0.4) is 0 Å². The van der Waals surface area contributed by atoms with Crippen molar-refractivity contribution in [2.75, 3.05) is 6.61 Å². The number of hydrogen-bond donors (Lipinski definition) is 1. The lowest BCUT2D eigenvalue weighted by molar-refractivity contribution is -0.123. The number of ether oxygens (including phenoxy) is 1. The second-order valence-corrected chi connectivity index (χ2v) is 6.55. The van der Waals surface area contributed by atoms with Crippen molar-refractivity contribution in [2.24, 2.45) is 22.4 Å². The van der Waals surface area contributed by atoms with Gasteiger partial charge in [-0.25, -0.2) is 5.43 Å². The molecule has 0 aliphatic heterocycles. The Labute approximate surface area is 136 Å². The maximum Gasteiger partial charge on any atom is 0.244 e. The van der Waals surface area contributed by atoms with Gasteiger partial charge in [-0.1, -0.05) is 31.9 Å². The Balaban J connectivity index is 1.59. The van der Waals surface area contributed by atoms with Gasteiger partial charge in [-0.05, 0) is 36.3 Å². The summed E-state index contributed by atoms with van der Waals surface area (Å²) in [7, 11) is 0. The van der Waals surface area contributed by atoms with Crippen LogP contribution < -0.4 is 10.2 Å². The van der Waals surface area contributed by atoms with Gasteiger partial charge in [0.25, 0.3) is 0 Å². The molecule has 120 valence electrons. The van der Waals surface area contributed by atoms with E-state index in [0.29, 0.717) is 11.7 Å². The lowest BCUT2D eigenvalue weighted by atomic mass is 9.90. The van der Waals surface area contributed by atoms with E-state index in [9.17, 15) is 4.79 Å². The number of rotatable bonds is 5. The number of para-hydroxylation sites is 1. The summed E-state index contributed by atoms with van der Waals surface area (Å²) in [6.45, 7) is 2.20.